The molecule has 0 radical (unpaired) electrons. The highest BCUT2D eigenvalue weighted by Gasteiger charge is 1.84. The van der Waals surface area contributed by atoms with Crippen molar-refractivity contribution in [2.75, 3.05) is 0 Å². The van der Waals surface area contributed by atoms with Crippen LogP contribution in [0, 0.1) is 0 Å². The highest BCUT2D eigenvalue weighted by Crippen LogP contribution is 2.00. The molecule has 0 saturated carbocycles. The van der Waals surface area contributed by atoms with Gasteiger partial charge in [0.1, 0.15) is 0 Å². The first kappa shape index (κ1) is 6.08. The minimum atomic E-state index is 0.990. The molecule has 0 atom stereocenters. The van der Waals surface area contributed by atoms with Crippen molar-refractivity contribution in [2.24, 2.45) is 4.99 Å². The summed E-state index contributed by atoms with van der Waals surface area (Å²) in [6.07, 6.45) is 8.47. The van der Waals surface area contributed by atoms with Gasteiger partial charge in [0.25, 0.3) is 0 Å². The molecule has 48 valence electrons. The monoisotopic (exact) mass is 122 g/mol. The lowest BCUT2D eigenvalue weighted by Gasteiger charge is -1.95. The number of allylic oxidation sites excluding steroid dienone is 2. The summed E-state index contributed by atoms with van der Waals surface area (Å²) in [5.41, 5.74) is 1.28. The fourth-order valence-corrected chi connectivity index (χ4v) is 0.616. The van der Waals surface area contributed by atoms with Crippen molar-refractivity contribution in [2.45, 2.75) is 13.3 Å². The quantitative estimate of drug-likeness (QED) is 0.516. The van der Waals surface area contributed by atoms with E-state index in [1.54, 1.807) is 6.34 Å². The average molecular weight is 122 g/mol. The first-order valence-electron chi connectivity index (χ1n) is 2.98. The van der Waals surface area contributed by atoms with E-state index >= 15 is 0 Å². The summed E-state index contributed by atoms with van der Waals surface area (Å²) in [5.74, 6) is 0. The molecule has 1 rings (SSSR count). The van der Waals surface area contributed by atoms with Gasteiger partial charge >= 0.3 is 0 Å². The Morgan fingerprint density at radius 2 is 2.56 bits per heavy atom. The molecule has 2 heteroatoms. The molecule has 0 aromatic rings. The van der Waals surface area contributed by atoms with E-state index in [0.29, 0.717) is 0 Å². The van der Waals surface area contributed by atoms with Gasteiger partial charge in [-0.05, 0) is 19.5 Å². The summed E-state index contributed by atoms with van der Waals surface area (Å²) in [5, 5.41) is 2.89. The van der Waals surface area contributed by atoms with Crippen LogP contribution in [0.25, 0.3) is 0 Å². The van der Waals surface area contributed by atoms with Crippen LogP contribution in [-0.2, 0) is 0 Å². The van der Waals surface area contributed by atoms with Crippen molar-refractivity contribution in [3.63, 3.8) is 0 Å². The Kier molecular flexibility index (Phi) is 2.07. The molecule has 1 aliphatic heterocycles. The van der Waals surface area contributed by atoms with E-state index in [9.17, 15) is 0 Å². The van der Waals surface area contributed by atoms with E-state index in [1.165, 1.54) is 5.57 Å². The van der Waals surface area contributed by atoms with Gasteiger partial charge in [0.15, 0.2) is 0 Å². The van der Waals surface area contributed by atoms with Gasteiger partial charge in [0, 0.05) is 6.20 Å². The molecule has 0 spiro atoms. The summed E-state index contributed by atoms with van der Waals surface area (Å²) in [7, 11) is 0. The SMILES string of the molecule is CC1=CN=CN/C=C/C1. The topological polar surface area (TPSA) is 24.4 Å². The molecular formula is C7H10N2. The molecule has 0 bridgehead atoms. The fraction of sp³-hybridized carbons (Fsp3) is 0.286. The molecule has 0 unspecified atom stereocenters. The van der Waals surface area contributed by atoms with Crippen LogP contribution in [0.3, 0.4) is 0 Å². The second-order valence-corrected chi connectivity index (χ2v) is 2.03. The van der Waals surface area contributed by atoms with Crippen LogP contribution >= 0.6 is 0 Å². The number of aliphatic imine (C=N–C) groups is 1. The third-order valence-corrected chi connectivity index (χ3v) is 1.10. The first-order chi connectivity index (χ1) is 4.39. The van der Waals surface area contributed by atoms with Crippen molar-refractivity contribution in [1.82, 2.24) is 5.32 Å². The van der Waals surface area contributed by atoms with Crippen LogP contribution in [0.15, 0.2) is 29.0 Å². The molecular weight excluding hydrogens is 112 g/mol. The third-order valence-electron chi connectivity index (χ3n) is 1.10. The predicted octanol–water partition coefficient (Wildman–Crippen LogP) is 1.43. The highest BCUT2D eigenvalue weighted by atomic mass is 14.9. The van der Waals surface area contributed by atoms with E-state index in [1.807, 2.05) is 12.4 Å². The molecule has 0 fully saturated rings. The highest BCUT2D eigenvalue weighted by molar-refractivity contribution is 5.57. The van der Waals surface area contributed by atoms with E-state index in [-0.39, 0.29) is 0 Å². The lowest BCUT2D eigenvalue weighted by molar-refractivity contribution is 1.14. The Hall–Kier alpha value is -1.05. The van der Waals surface area contributed by atoms with Crippen molar-refractivity contribution in [1.29, 1.82) is 0 Å². The zero-order valence-electron chi connectivity index (χ0n) is 5.46. The molecule has 0 saturated heterocycles. The number of nitrogens with zero attached hydrogens (tertiary/aromatic N) is 1. The normalized spacial score (nSPS) is 21.2. The van der Waals surface area contributed by atoms with Crippen LogP contribution in [0.4, 0.5) is 0 Å². The van der Waals surface area contributed by atoms with E-state index in [4.69, 9.17) is 0 Å². The number of hydrogen-bond donors (Lipinski definition) is 1. The van der Waals surface area contributed by atoms with Gasteiger partial charge in [0.2, 0.25) is 0 Å². The maximum Gasteiger partial charge on any atom is 0.0918 e. The van der Waals surface area contributed by atoms with Crippen LogP contribution < -0.4 is 5.32 Å². The van der Waals surface area contributed by atoms with Crippen LogP contribution in [0.5, 0.6) is 0 Å². The number of rotatable bonds is 0. The first-order valence-corrected chi connectivity index (χ1v) is 2.98. The van der Waals surface area contributed by atoms with Crippen LogP contribution in [0.2, 0.25) is 0 Å². The van der Waals surface area contributed by atoms with Gasteiger partial charge in [0.05, 0.1) is 6.34 Å². The lowest BCUT2D eigenvalue weighted by Crippen LogP contribution is -2.00. The Balaban J connectivity index is 2.63. The number of hydrogen-bond acceptors (Lipinski definition) is 2. The summed E-state index contributed by atoms with van der Waals surface area (Å²) in [4.78, 5) is 3.96. The maximum atomic E-state index is 3.96. The Labute approximate surface area is 55.0 Å². The molecule has 0 aliphatic carbocycles. The summed E-state index contributed by atoms with van der Waals surface area (Å²) in [6, 6.07) is 0. The Morgan fingerprint density at radius 1 is 1.67 bits per heavy atom. The van der Waals surface area contributed by atoms with Crippen molar-refractivity contribution in [3.05, 3.63) is 24.0 Å². The average Bonchev–Trinajstić information content (AvgIpc) is 1.79. The van der Waals surface area contributed by atoms with E-state index in [0.717, 1.165) is 6.42 Å². The zero-order valence-corrected chi connectivity index (χ0v) is 5.46. The van der Waals surface area contributed by atoms with Gasteiger partial charge in [-0.1, -0.05) is 11.6 Å². The van der Waals surface area contributed by atoms with Gasteiger partial charge in [-0.2, -0.15) is 0 Å². The molecule has 1 aliphatic rings. The largest absolute Gasteiger partial charge is 0.353 e. The summed E-state index contributed by atoms with van der Waals surface area (Å²) in [6.45, 7) is 2.06. The van der Waals surface area contributed by atoms with Gasteiger partial charge < -0.3 is 5.32 Å². The minimum absolute atomic E-state index is 0.990. The fourth-order valence-electron chi connectivity index (χ4n) is 0.616. The maximum absolute atomic E-state index is 3.96. The van der Waals surface area contributed by atoms with Crippen molar-refractivity contribution >= 4 is 6.34 Å². The third kappa shape index (κ3) is 2.13. The smallest absolute Gasteiger partial charge is 0.0918 e. The molecule has 1 N–H and O–H groups in total. The van der Waals surface area contributed by atoms with Crippen molar-refractivity contribution < 1.29 is 0 Å². The second-order valence-electron chi connectivity index (χ2n) is 2.03. The molecule has 0 aromatic carbocycles. The van der Waals surface area contributed by atoms with Gasteiger partial charge in [-0.15, -0.1) is 0 Å². The standard InChI is InChI=1S/C7H10N2/c1-7-3-2-4-8-6-9-5-7/h2,4-6H,3H2,1H3,(H,8,9)/b4-2+,7-5?. The molecule has 0 amide bonds. The Morgan fingerprint density at radius 3 is 3.44 bits per heavy atom. The van der Waals surface area contributed by atoms with Crippen LogP contribution in [-0.4, -0.2) is 6.34 Å². The Bertz CT molecular complexity index is 166. The minimum Gasteiger partial charge on any atom is -0.353 e. The van der Waals surface area contributed by atoms with Gasteiger partial charge in [-0.3, -0.25) is 0 Å². The summed E-state index contributed by atoms with van der Waals surface area (Å²) < 4.78 is 0. The van der Waals surface area contributed by atoms with Crippen molar-refractivity contribution in [3.8, 4) is 0 Å². The van der Waals surface area contributed by atoms with E-state index in [2.05, 4.69) is 23.3 Å². The zero-order chi connectivity index (χ0) is 6.53. The van der Waals surface area contributed by atoms with Gasteiger partial charge in [-0.25, -0.2) is 4.99 Å². The van der Waals surface area contributed by atoms with E-state index < -0.39 is 0 Å². The molecule has 1 heterocycles. The predicted molar refractivity (Wildman–Crippen MR) is 39.1 cm³/mol. The lowest BCUT2D eigenvalue weighted by atomic mass is 10.2. The molecule has 9 heavy (non-hydrogen) atoms. The second kappa shape index (κ2) is 3.07. The van der Waals surface area contributed by atoms with Crippen LogP contribution in [0.1, 0.15) is 13.3 Å². The number of nitrogens with one attached hydrogen (secondary N) is 1. The summed E-state index contributed by atoms with van der Waals surface area (Å²) >= 11 is 0. The molecule has 0 aromatic heterocycles. The molecule has 2 nitrogen and oxygen atoms in total.